The third-order valence-electron chi connectivity index (χ3n) is 9.97. The number of carbonyl (C=O) groups excluding carboxylic acids is 1. The van der Waals surface area contributed by atoms with Gasteiger partial charge in [-0.3, -0.25) is 14.2 Å². The van der Waals surface area contributed by atoms with Crippen molar-refractivity contribution >= 4 is 63.1 Å². The van der Waals surface area contributed by atoms with Gasteiger partial charge in [-0.2, -0.15) is 49.6 Å². The average Bonchev–Trinajstić information content (AvgIpc) is 3.79. The highest BCUT2D eigenvalue weighted by Gasteiger charge is 2.53. The maximum absolute atomic E-state index is 15.3. The molecule has 3 heterocycles. The fraction of sp³-hybridized carbons (Fsp3) is 0.375. The summed E-state index contributed by atoms with van der Waals surface area (Å²) in [4.78, 5) is 31.0. The molecule has 3 aromatic heterocycles. The molecule has 2 aromatic carbocycles. The van der Waals surface area contributed by atoms with E-state index in [1.807, 2.05) is 0 Å². The number of thioether (sulfide) groups is 1. The molecule has 342 valence electrons. The second kappa shape index (κ2) is 17.6. The van der Waals surface area contributed by atoms with Crippen molar-refractivity contribution in [1.82, 2.24) is 29.9 Å². The van der Waals surface area contributed by atoms with E-state index in [-0.39, 0.29) is 42.1 Å². The van der Waals surface area contributed by atoms with E-state index in [0.717, 1.165) is 31.4 Å². The molecule has 1 aliphatic carbocycles. The number of hydrogen-bond acceptors (Lipinski definition) is 7. The van der Waals surface area contributed by atoms with E-state index >= 15 is 8.78 Å². The Bertz CT molecular complexity index is 2730. The van der Waals surface area contributed by atoms with Crippen LogP contribution >= 0.6 is 23.4 Å². The van der Waals surface area contributed by atoms with Gasteiger partial charge in [0, 0.05) is 35.4 Å². The zero-order valence-corrected chi connectivity index (χ0v) is 36.2. The summed E-state index contributed by atoms with van der Waals surface area (Å²) < 4.78 is 158. The first kappa shape index (κ1) is 48.1. The molecule has 0 radical (unpaired) electrons. The molecular formula is C40H34ClF10N7O4S2. The van der Waals surface area contributed by atoms with Crippen LogP contribution in [0.1, 0.15) is 73.1 Å². The predicted molar refractivity (Wildman–Crippen MR) is 218 cm³/mol. The molecule has 0 bridgehead atoms. The van der Waals surface area contributed by atoms with E-state index in [1.54, 1.807) is 20.1 Å². The van der Waals surface area contributed by atoms with Gasteiger partial charge >= 0.3 is 18.4 Å². The molecule has 1 aliphatic rings. The summed E-state index contributed by atoms with van der Waals surface area (Å²) in [5, 5.41) is 18.9. The van der Waals surface area contributed by atoms with Crippen LogP contribution < -0.4 is 9.62 Å². The Labute approximate surface area is 369 Å². The predicted octanol–water partition coefficient (Wildman–Crippen LogP) is 9.78. The zero-order chi connectivity index (χ0) is 47.4. The highest BCUT2D eigenvalue weighted by atomic mass is 35.5. The number of rotatable bonds is 11. The Balaban J connectivity index is 1.62. The SMILES string of the molecule is CSC(C)(C)C#Cc1ccc(-c2ccc(Cl)c3c(N(C(=O)O)S(C)=O)nn(CC(F)(F)F)c23)c(C(Cc2cc(F)cc(F)c2)NC(=O)Cn2nc(C(F)(F)F)c3c2C(F)(F)C[C@@H]3C)n1. The molecule has 64 heavy (non-hydrogen) atoms. The summed E-state index contributed by atoms with van der Waals surface area (Å²) in [5.41, 5.74) is -4.85. The number of carboxylic acid groups (broad SMARTS) is 1. The van der Waals surface area contributed by atoms with Gasteiger partial charge in [-0.05, 0) is 74.3 Å². The lowest BCUT2D eigenvalue weighted by molar-refractivity contribution is -0.143. The number of halogens is 11. The molecule has 5 aromatic rings. The summed E-state index contributed by atoms with van der Waals surface area (Å²) in [6.07, 6.45) is -11.0. The summed E-state index contributed by atoms with van der Waals surface area (Å²) >= 11 is 7.87. The molecule has 6 rings (SSSR count). The first-order valence-corrected chi connectivity index (χ1v) is 21.7. The minimum Gasteiger partial charge on any atom is -0.464 e. The Morgan fingerprint density at radius 2 is 1.69 bits per heavy atom. The van der Waals surface area contributed by atoms with E-state index < -0.39 is 129 Å². The largest absolute Gasteiger partial charge is 0.464 e. The number of alkyl halides is 8. The minimum atomic E-state index is -5.19. The van der Waals surface area contributed by atoms with E-state index in [0.29, 0.717) is 10.7 Å². The number of aromatic nitrogens is 5. The molecule has 2 N–H and O–H groups in total. The van der Waals surface area contributed by atoms with Crippen LogP contribution in [0.4, 0.5) is 54.5 Å². The number of pyridine rings is 1. The molecule has 11 nitrogen and oxygen atoms in total. The number of hydrogen-bond donors (Lipinski definition) is 2. The van der Waals surface area contributed by atoms with Crippen molar-refractivity contribution in [1.29, 1.82) is 0 Å². The first-order valence-electron chi connectivity index (χ1n) is 18.6. The van der Waals surface area contributed by atoms with E-state index in [4.69, 9.17) is 11.6 Å². The molecule has 2 amide bonds. The topological polar surface area (TPSA) is 135 Å². The van der Waals surface area contributed by atoms with Gasteiger partial charge in [-0.25, -0.2) is 22.8 Å². The third kappa shape index (κ3) is 10.1. The quantitative estimate of drug-likeness (QED) is 0.0988. The lowest BCUT2D eigenvalue weighted by Crippen LogP contribution is -2.35. The highest BCUT2D eigenvalue weighted by Crippen LogP contribution is 2.52. The fourth-order valence-corrected chi connectivity index (χ4v) is 8.30. The van der Waals surface area contributed by atoms with Gasteiger partial charge < -0.3 is 10.4 Å². The van der Waals surface area contributed by atoms with Crippen LogP contribution in [0.5, 0.6) is 0 Å². The first-order chi connectivity index (χ1) is 29.6. The summed E-state index contributed by atoms with van der Waals surface area (Å²) in [5.74, 6) is -3.45. The summed E-state index contributed by atoms with van der Waals surface area (Å²) in [6, 6.07) is 5.67. The van der Waals surface area contributed by atoms with Gasteiger partial charge in [0.25, 0.3) is 5.92 Å². The normalized spacial score (nSPS) is 16.0. The molecule has 0 saturated carbocycles. The highest BCUT2D eigenvalue weighted by molar-refractivity contribution is 8.00. The van der Waals surface area contributed by atoms with Gasteiger partial charge in [0.1, 0.15) is 47.1 Å². The monoisotopic (exact) mass is 965 g/mol. The van der Waals surface area contributed by atoms with Crippen molar-refractivity contribution in [2.75, 3.05) is 16.8 Å². The number of nitrogens with zero attached hydrogens (tertiary/aromatic N) is 6. The van der Waals surface area contributed by atoms with E-state index in [1.165, 1.54) is 30.0 Å². The van der Waals surface area contributed by atoms with Crippen molar-refractivity contribution < 1.29 is 62.8 Å². The summed E-state index contributed by atoms with van der Waals surface area (Å²) in [7, 11) is -2.43. The Kier molecular flexibility index (Phi) is 13.2. The molecule has 0 spiro atoms. The maximum Gasteiger partial charge on any atom is 0.435 e. The van der Waals surface area contributed by atoms with Crippen LogP contribution in [0.2, 0.25) is 5.02 Å². The average molecular weight is 966 g/mol. The van der Waals surface area contributed by atoms with Crippen LogP contribution in [0.25, 0.3) is 22.0 Å². The van der Waals surface area contributed by atoms with Crippen molar-refractivity contribution in [3.05, 3.63) is 93.0 Å². The van der Waals surface area contributed by atoms with Gasteiger partial charge in [0.2, 0.25) is 5.91 Å². The number of nitrogens with one attached hydrogen (secondary N) is 1. The standard InChI is InChI=1S/C40H34ClF10N7O4S2/c1-19-16-38(44,45)34-29(19)33(40(49,50)51)54-56(34)17-28(59)53-27(14-20-12-21(42)15-22(43)13-20)31-24(7-6-23(52-31)10-11-37(2,3)63-4)25-8-9-26(41)30-32(25)57(18-39(46,47)48)55-35(30)58(36(60)61)64(5)62/h6-9,12-13,15,19,27H,14,16-18H2,1-5H3,(H,53,59)(H,60,61)/t19-,27?,64?/m0/s1. The van der Waals surface area contributed by atoms with E-state index in [2.05, 4.69) is 32.3 Å². The summed E-state index contributed by atoms with van der Waals surface area (Å²) in [6.45, 7) is 1.61. The number of amides is 2. The van der Waals surface area contributed by atoms with Crippen molar-refractivity contribution in [2.45, 2.75) is 81.7 Å². The minimum absolute atomic E-state index is 0.0213. The van der Waals surface area contributed by atoms with Crippen LogP contribution in [-0.4, -0.2) is 69.3 Å². The molecular weight excluding hydrogens is 932 g/mol. The van der Waals surface area contributed by atoms with Crippen molar-refractivity contribution in [2.24, 2.45) is 0 Å². The van der Waals surface area contributed by atoms with Crippen LogP contribution in [0.15, 0.2) is 42.5 Å². The number of benzene rings is 2. The zero-order valence-electron chi connectivity index (χ0n) is 33.9. The van der Waals surface area contributed by atoms with E-state index in [9.17, 15) is 54.0 Å². The Morgan fingerprint density at radius 3 is 2.27 bits per heavy atom. The van der Waals surface area contributed by atoms with Crippen LogP contribution in [0.3, 0.4) is 0 Å². The molecule has 0 saturated heterocycles. The Morgan fingerprint density at radius 1 is 1.05 bits per heavy atom. The van der Waals surface area contributed by atoms with Crippen LogP contribution in [-0.2, 0) is 47.4 Å². The smallest absolute Gasteiger partial charge is 0.435 e. The molecule has 24 heteroatoms. The lowest BCUT2D eigenvalue weighted by atomic mass is 9.93. The van der Waals surface area contributed by atoms with Gasteiger partial charge in [0.15, 0.2) is 11.5 Å². The molecule has 2 unspecified atom stereocenters. The second-order valence-electron chi connectivity index (χ2n) is 15.2. The fourth-order valence-electron chi connectivity index (χ4n) is 7.32. The molecule has 0 fully saturated rings. The maximum atomic E-state index is 15.3. The number of anilines is 1. The van der Waals surface area contributed by atoms with Gasteiger partial charge in [-0.1, -0.05) is 30.5 Å². The third-order valence-corrected chi connectivity index (χ3v) is 12.3. The number of carbonyl (C=O) groups is 2. The lowest BCUT2D eigenvalue weighted by Gasteiger charge is -2.23. The van der Waals surface area contributed by atoms with Crippen molar-refractivity contribution in [3.63, 3.8) is 0 Å². The molecule has 3 atom stereocenters. The Hall–Kier alpha value is -5.34. The second-order valence-corrected chi connectivity index (χ2v) is 18.2. The van der Waals surface area contributed by atoms with Gasteiger partial charge in [-0.15, -0.1) is 11.8 Å². The number of fused-ring (bicyclic) bond motifs is 2. The van der Waals surface area contributed by atoms with Crippen molar-refractivity contribution in [3.8, 4) is 23.0 Å². The molecule has 0 aliphatic heterocycles. The van der Waals surface area contributed by atoms with Gasteiger partial charge in [0.05, 0.1) is 32.4 Å². The van der Waals surface area contributed by atoms with Crippen LogP contribution in [0, 0.1) is 23.5 Å².